The van der Waals surface area contributed by atoms with Crippen LogP contribution < -0.4 is 4.90 Å². The Labute approximate surface area is 108 Å². The van der Waals surface area contributed by atoms with Gasteiger partial charge in [0.1, 0.15) is 0 Å². The minimum atomic E-state index is -1.22. The van der Waals surface area contributed by atoms with Crippen LogP contribution in [0, 0.1) is 10.1 Å². The van der Waals surface area contributed by atoms with Crippen LogP contribution in [0.3, 0.4) is 0 Å². The molecular formula is C11H13N3O5. The van der Waals surface area contributed by atoms with Gasteiger partial charge in [-0.1, -0.05) is 0 Å². The number of aromatic nitrogens is 1. The van der Waals surface area contributed by atoms with E-state index in [1.54, 1.807) is 11.9 Å². The zero-order valence-electron chi connectivity index (χ0n) is 10.3. The lowest BCUT2D eigenvalue weighted by atomic mass is 10.2. The molecule has 0 radical (unpaired) electrons. The average molecular weight is 267 g/mol. The second-order valence-electron chi connectivity index (χ2n) is 4.23. The Balaban J connectivity index is 2.41. The predicted molar refractivity (Wildman–Crippen MR) is 65.5 cm³/mol. The Morgan fingerprint density at radius 1 is 1.63 bits per heavy atom. The fraction of sp³-hybridized carbons (Fsp3) is 0.455. The number of pyridine rings is 1. The van der Waals surface area contributed by atoms with Gasteiger partial charge in [-0.3, -0.25) is 10.1 Å². The lowest BCUT2D eigenvalue weighted by molar-refractivity contribution is -0.384. The van der Waals surface area contributed by atoms with E-state index in [4.69, 9.17) is 9.84 Å². The molecule has 2 rings (SSSR count). The van der Waals surface area contributed by atoms with E-state index >= 15 is 0 Å². The highest BCUT2D eigenvalue weighted by Crippen LogP contribution is 2.28. The van der Waals surface area contributed by atoms with Crippen LogP contribution in [0.25, 0.3) is 0 Å². The van der Waals surface area contributed by atoms with E-state index < -0.39 is 10.9 Å². The highest BCUT2D eigenvalue weighted by atomic mass is 16.6. The Morgan fingerprint density at radius 2 is 2.37 bits per heavy atom. The standard InChI is InChI=1S/C11H13N3O5/c1-13(7-4-5-19-6-7)10-9(14(17)18)3-2-8(12-10)11(15)16/h2-3,7H,4-6H2,1H3,(H,15,16). The van der Waals surface area contributed by atoms with E-state index in [9.17, 15) is 14.9 Å². The molecule has 1 N–H and O–H groups in total. The van der Waals surface area contributed by atoms with Gasteiger partial charge in [-0.25, -0.2) is 9.78 Å². The summed E-state index contributed by atoms with van der Waals surface area (Å²) in [6.07, 6.45) is 0.729. The molecule has 19 heavy (non-hydrogen) atoms. The summed E-state index contributed by atoms with van der Waals surface area (Å²) in [4.78, 5) is 26.8. The summed E-state index contributed by atoms with van der Waals surface area (Å²) in [6.45, 7) is 1.04. The number of carbonyl (C=O) groups is 1. The second-order valence-corrected chi connectivity index (χ2v) is 4.23. The Hall–Kier alpha value is -2.22. The fourth-order valence-corrected chi connectivity index (χ4v) is 1.96. The predicted octanol–water partition coefficient (Wildman–Crippen LogP) is 0.913. The maximum atomic E-state index is 11.0. The van der Waals surface area contributed by atoms with E-state index in [0.29, 0.717) is 13.2 Å². The Bertz CT molecular complexity index is 513. The number of carboxylic acid groups (broad SMARTS) is 1. The molecule has 1 aromatic heterocycles. The zero-order valence-corrected chi connectivity index (χ0v) is 10.3. The van der Waals surface area contributed by atoms with Crippen LogP contribution in [0.5, 0.6) is 0 Å². The molecule has 0 saturated carbocycles. The number of hydrogen-bond donors (Lipinski definition) is 1. The molecular weight excluding hydrogens is 254 g/mol. The number of rotatable bonds is 4. The molecule has 8 nitrogen and oxygen atoms in total. The van der Waals surface area contributed by atoms with Crippen LogP contribution in [-0.4, -0.2) is 47.3 Å². The van der Waals surface area contributed by atoms with Crippen LogP contribution in [0.1, 0.15) is 16.9 Å². The molecule has 1 aliphatic rings. The highest BCUT2D eigenvalue weighted by Gasteiger charge is 2.28. The summed E-state index contributed by atoms with van der Waals surface area (Å²) >= 11 is 0. The van der Waals surface area contributed by atoms with Gasteiger partial charge in [0.2, 0.25) is 5.82 Å². The number of aromatic carboxylic acids is 1. The maximum Gasteiger partial charge on any atom is 0.354 e. The van der Waals surface area contributed by atoms with Crippen LogP contribution in [0.2, 0.25) is 0 Å². The van der Waals surface area contributed by atoms with Crippen molar-refractivity contribution in [2.45, 2.75) is 12.5 Å². The van der Waals surface area contributed by atoms with E-state index in [-0.39, 0.29) is 23.2 Å². The zero-order chi connectivity index (χ0) is 14.0. The summed E-state index contributed by atoms with van der Waals surface area (Å²) in [6, 6.07) is 2.26. The van der Waals surface area contributed by atoms with E-state index in [1.165, 1.54) is 0 Å². The van der Waals surface area contributed by atoms with Gasteiger partial charge in [0.25, 0.3) is 0 Å². The van der Waals surface area contributed by atoms with Crippen molar-refractivity contribution in [2.75, 3.05) is 25.2 Å². The number of carboxylic acids is 1. The van der Waals surface area contributed by atoms with Gasteiger partial charge in [-0.05, 0) is 12.5 Å². The summed E-state index contributed by atoms with van der Waals surface area (Å²) in [7, 11) is 1.65. The van der Waals surface area contributed by atoms with Gasteiger partial charge in [-0.2, -0.15) is 0 Å². The van der Waals surface area contributed by atoms with Crippen LogP contribution >= 0.6 is 0 Å². The average Bonchev–Trinajstić information content (AvgIpc) is 2.90. The molecule has 0 aromatic carbocycles. The first-order valence-corrected chi connectivity index (χ1v) is 5.70. The number of nitro groups is 1. The smallest absolute Gasteiger partial charge is 0.354 e. The van der Waals surface area contributed by atoms with Crippen molar-refractivity contribution < 1.29 is 19.6 Å². The summed E-state index contributed by atoms with van der Waals surface area (Å²) in [5.41, 5.74) is -0.425. The van der Waals surface area contributed by atoms with Crippen molar-refractivity contribution >= 4 is 17.5 Å². The monoisotopic (exact) mass is 267 g/mol. The number of nitrogens with zero attached hydrogens (tertiary/aromatic N) is 3. The summed E-state index contributed by atoms with van der Waals surface area (Å²) < 4.78 is 5.22. The molecule has 8 heteroatoms. The van der Waals surface area contributed by atoms with E-state index in [0.717, 1.165) is 18.6 Å². The molecule has 0 amide bonds. The Kier molecular flexibility index (Phi) is 3.61. The number of hydrogen-bond acceptors (Lipinski definition) is 6. The van der Waals surface area contributed by atoms with Crippen molar-refractivity contribution in [1.82, 2.24) is 4.98 Å². The molecule has 1 unspecified atom stereocenters. The van der Waals surface area contributed by atoms with Gasteiger partial charge in [0.15, 0.2) is 5.69 Å². The Morgan fingerprint density at radius 3 is 2.89 bits per heavy atom. The fourth-order valence-electron chi connectivity index (χ4n) is 1.96. The molecule has 1 saturated heterocycles. The van der Waals surface area contributed by atoms with Gasteiger partial charge in [0.05, 0.1) is 17.6 Å². The summed E-state index contributed by atoms with van der Waals surface area (Å²) in [5, 5.41) is 19.9. The van der Waals surface area contributed by atoms with Crippen molar-refractivity contribution in [3.63, 3.8) is 0 Å². The maximum absolute atomic E-state index is 11.0. The van der Waals surface area contributed by atoms with Crippen molar-refractivity contribution in [3.8, 4) is 0 Å². The minimum absolute atomic E-state index is 0.0322. The first-order valence-electron chi connectivity index (χ1n) is 5.70. The largest absolute Gasteiger partial charge is 0.477 e. The van der Waals surface area contributed by atoms with Crippen molar-refractivity contribution in [3.05, 3.63) is 27.9 Å². The lowest BCUT2D eigenvalue weighted by Crippen LogP contribution is -2.33. The molecule has 0 aliphatic carbocycles. The molecule has 102 valence electrons. The second kappa shape index (κ2) is 5.19. The van der Waals surface area contributed by atoms with Crippen LogP contribution in [0.4, 0.5) is 11.5 Å². The quantitative estimate of drug-likeness (QED) is 0.638. The van der Waals surface area contributed by atoms with Gasteiger partial charge < -0.3 is 14.7 Å². The third kappa shape index (κ3) is 2.63. The molecule has 2 heterocycles. The first-order chi connectivity index (χ1) is 9.00. The molecule has 1 atom stereocenters. The molecule has 1 aromatic rings. The van der Waals surface area contributed by atoms with Crippen molar-refractivity contribution in [2.24, 2.45) is 0 Å². The van der Waals surface area contributed by atoms with Gasteiger partial charge in [0, 0.05) is 19.7 Å². The first kappa shape index (κ1) is 13.2. The number of anilines is 1. The molecule has 0 spiro atoms. The van der Waals surface area contributed by atoms with E-state index in [2.05, 4.69) is 4.98 Å². The van der Waals surface area contributed by atoms with Crippen LogP contribution in [-0.2, 0) is 4.74 Å². The van der Waals surface area contributed by atoms with E-state index in [1.807, 2.05) is 0 Å². The third-order valence-electron chi connectivity index (χ3n) is 3.06. The lowest BCUT2D eigenvalue weighted by Gasteiger charge is -2.23. The molecule has 0 bridgehead atoms. The van der Waals surface area contributed by atoms with Crippen molar-refractivity contribution in [1.29, 1.82) is 0 Å². The van der Waals surface area contributed by atoms with Crippen LogP contribution in [0.15, 0.2) is 12.1 Å². The third-order valence-corrected chi connectivity index (χ3v) is 3.06. The van der Waals surface area contributed by atoms with Gasteiger partial charge >= 0.3 is 11.7 Å². The SMILES string of the molecule is CN(c1nc(C(=O)O)ccc1[N+](=O)[O-])C1CCOC1. The summed E-state index contributed by atoms with van der Waals surface area (Å²) in [5.74, 6) is -1.16. The number of ether oxygens (including phenoxy) is 1. The van der Waals surface area contributed by atoms with Gasteiger partial charge in [-0.15, -0.1) is 0 Å². The minimum Gasteiger partial charge on any atom is -0.477 e. The molecule has 1 aliphatic heterocycles. The normalized spacial score (nSPS) is 18.3. The molecule has 1 fully saturated rings. The number of likely N-dealkylation sites (N-methyl/N-ethyl adjacent to an activating group) is 1. The highest BCUT2D eigenvalue weighted by molar-refractivity contribution is 5.86. The topological polar surface area (TPSA) is 106 Å².